The van der Waals surface area contributed by atoms with E-state index in [1.165, 1.54) is 12.8 Å². The molecule has 3 aliphatic rings. The lowest BCUT2D eigenvalue weighted by Gasteiger charge is -2.16. The molecule has 0 radical (unpaired) electrons. The van der Waals surface area contributed by atoms with Gasteiger partial charge in [0, 0.05) is 19.0 Å². The Morgan fingerprint density at radius 2 is 1.77 bits per heavy atom. The van der Waals surface area contributed by atoms with Crippen LogP contribution in [0.2, 0.25) is 0 Å². The van der Waals surface area contributed by atoms with Gasteiger partial charge in [0.25, 0.3) is 0 Å². The molecule has 0 aromatic carbocycles. The Bertz CT molecular complexity index is 225. The SMILES string of the molecule is O=C(C1C2COCC21)N1CCCC1. The number of rotatable bonds is 1. The predicted octanol–water partition coefficient (Wildman–Crippen LogP) is 0.501. The van der Waals surface area contributed by atoms with Crippen molar-refractivity contribution >= 4 is 5.91 Å². The molecule has 3 heteroatoms. The number of carbonyl (C=O) groups excluding carboxylic acids is 1. The van der Waals surface area contributed by atoms with E-state index >= 15 is 0 Å². The molecule has 2 heterocycles. The van der Waals surface area contributed by atoms with Gasteiger partial charge in [-0.25, -0.2) is 0 Å². The summed E-state index contributed by atoms with van der Waals surface area (Å²) >= 11 is 0. The molecule has 2 unspecified atom stereocenters. The van der Waals surface area contributed by atoms with Crippen LogP contribution >= 0.6 is 0 Å². The Hall–Kier alpha value is -0.570. The highest BCUT2D eigenvalue weighted by molar-refractivity contribution is 5.82. The van der Waals surface area contributed by atoms with Gasteiger partial charge in [0.2, 0.25) is 5.91 Å². The first-order valence-corrected chi connectivity index (χ1v) is 5.24. The number of amides is 1. The maximum Gasteiger partial charge on any atom is 0.226 e. The Morgan fingerprint density at radius 3 is 2.38 bits per heavy atom. The summed E-state index contributed by atoms with van der Waals surface area (Å²) < 4.78 is 5.28. The van der Waals surface area contributed by atoms with E-state index < -0.39 is 0 Å². The molecule has 1 saturated carbocycles. The van der Waals surface area contributed by atoms with Gasteiger partial charge in [-0.3, -0.25) is 4.79 Å². The zero-order valence-corrected chi connectivity index (χ0v) is 7.74. The van der Waals surface area contributed by atoms with Crippen LogP contribution in [0.25, 0.3) is 0 Å². The smallest absolute Gasteiger partial charge is 0.226 e. The molecule has 1 aliphatic carbocycles. The largest absolute Gasteiger partial charge is 0.381 e. The normalized spacial score (nSPS) is 42.2. The van der Waals surface area contributed by atoms with Gasteiger partial charge in [0.1, 0.15) is 0 Å². The van der Waals surface area contributed by atoms with Crippen molar-refractivity contribution in [3.63, 3.8) is 0 Å². The summed E-state index contributed by atoms with van der Waals surface area (Å²) in [5.41, 5.74) is 0. The third-order valence-corrected chi connectivity index (χ3v) is 3.66. The van der Waals surface area contributed by atoms with Crippen molar-refractivity contribution in [3.8, 4) is 0 Å². The lowest BCUT2D eigenvalue weighted by molar-refractivity contribution is -0.132. The van der Waals surface area contributed by atoms with Gasteiger partial charge >= 0.3 is 0 Å². The van der Waals surface area contributed by atoms with E-state index in [4.69, 9.17) is 4.74 Å². The Balaban J connectivity index is 1.63. The van der Waals surface area contributed by atoms with Crippen molar-refractivity contribution in [2.45, 2.75) is 12.8 Å². The van der Waals surface area contributed by atoms with Crippen molar-refractivity contribution in [3.05, 3.63) is 0 Å². The van der Waals surface area contributed by atoms with Crippen LogP contribution in [0.4, 0.5) is 0 Å². The highest BCUT2D eigenvalue weighted by atomic mass is 16.5. The fourth-order valence-corrected chi connectivity index (χ4v) is 2.75. The summed E-state index contributed by atoms with van der Waals surface area (Å²) in [5.74, 6) is 1.91. The maximum absolute atomic E-state index is 11.9. The second-order valence-electron chi connectivity index (χ2n) is 4.42. The molecule has 0 aromatic heterocycles. The van der Waals surface area contributed by atoms with Crippen molar-refractivity contribution in [2.24, 2.45) is 17.8 Å². The van der Waals surface area contributed by atoms with E-state index in [0.717, 1.165) is 26.3 Å². The van der Waals surface area contributed by atoms with Crippen molar-refractivity contribution in [1.82, 2.24) is 4.90 Å². The molecule has 3 fully saturated rings. The average Bonchev–Trinajstić information content (AvgIpc) is 2.68. The fraction of sp³-hybridized carbons (Fsp3) is 0.900. The molecule has 2 aliphatic heterocycles. The second kappa shape index (κ2) is 2.71. The van der Waals surface area contributed by atoms with Crippen molar-refractivity contribution < 1.29 is 9.53 Å². The topological polar surface area (TPSA) is 29.5 Å². The first-order chi connectivity index (χ1) is 6.38. The summed E-state index contributed by atoms with van der Waals surface area (Å²) in [7, 11) is 0. The van der Waals surface area contributed by atoms with Gasteiger partial charge in [-0.2, -0.15) is 0 Å². The number of hydrogen-bond donors (Lipinski definition) is 0. The third kappa shape index (κ3) is 1.10. The quantitative estimate of drug-likeness (QED) is 0.589. The standard InChI is InChI=1S/C10H15NO2/c12-10(11-3-1-2-4-11)9-7-5-13-6-8(7)9/h7-9H,1-6H2. The summed E-state index contributed by atoms with van der Waals surface area (Å²) in [5, 5.41) is 0. The molecule has 0 N–H and O–H groups in total. The molecule has 2 atom stereocenters. The fourth-order valence-electron chi connectivity index (χ4n) is 2.75. The third-order valence-electron chi connectivity index (χ3n) is 3.66. The summed E-state index contributed by atoms with van der Waals surface area (Å²) in [4.78, 5) is 13.9. The van der Waals surface area contributed by atoms with E-state index in [0.29, 0.717) is 23.7 Å². The Kier molecular flexibility index (Phi) is 1.62. The number of likely N-dealkylation sites (tertiary alicyclic amines) is 1. The first-order valence-electron chi connectivity index (χ1n) is 5.24. The molecule has 2 saturated heterocycles. The van der Waals surface area contributed by atoms with Gasteiger partial charge < -0.3 is 9.64 Å². The zero-order chi connectivity index (χ0) is 8.84. The van der Waals surface area contributed by atoms with E-state index in [9.17, 15) is 4.79 Å². The lowest BCUT2D eigenvalue weighted by Crippen LogP contribution is -2.31. The van der Waals surface area contributed by atoms with E-state index in [1.54, 1.807) is 0 Å². The van der Waals surface area contributed by atoms with Gasteiger partial charge in [-0.1, -0.05) is 0 Å². The summed E-state index contributed by atoms with van der Waals surface area (Å²) in [6, 6.07) is 0. The maximum atomic E-state index is 11.9. The highest BCUT2D eigenvalue weighted by Crippen LogP contribution is 2.51. The number of hydrogen-bond acceptors (Lipinski definition) is 2. The number of carbonyl (C=O) groups is 1. The molecule has 13 heavy (non-hydrogen) atoms. The van der Waals surface area contributed by atoms with E-state index in [2.05, 4.69) is 0 Å². The van der Waals surface area contributed by atoms with Crippen LogP contribution in [0.1, 0.15) is 12.8 Å². The Morgan fingerprint density at radius 1 is 1.15 bits per heavy atom. The number of fused-ring (bicyclic) bond motifs is 1. The number of ether oxygens (including phenoxy) is 1. The van der Waals surface area contributed by atoms with Crippen LogP contribution < -0.4 is 0 Å². The van der Waals surface area contributed by atoms with Crippen LogP contribution in [-0.2, 0) is 9.53 Å². The van der Waals surface area contributed by atoms with Gasteiger partial charge in [0.05, 0.1) is 13.2 Å². The predicted molar refractivity (Wildman–Crippen MR) is 47.1 cm³/mol. The molecule has 72 valence electrons. The van der Waals surface area contributed by atoms with E-state index in [-0.39, 0.29) is 0 Å². The molecular formula is C10H15NO2. The highest BCUT2D eigenvalue weighted by Gasteiger charge is 2.58. The summed E-state index contributed by atoms with van der Waals surface area (Å²) in [6.45, 7) is 3.65. The minimum atomic E-state index is 0.340. The molecule has 0 bridgehead atoms. The van der Waals surface area contributed by atoms with Gasteiger partial charge in [-0.15, -0.1) is 0 Å². The van der Waals surface area contributed by atoms with Crippen molar-refractivity contribution in [2.75, 3.05) is 26.3 Å². The minimum Gasteiger partial charge on any atom is -0.381 e. The van der Waals surface area contributed by atoms with Gasteiger partial charge in [-0.05, 0) is 24.7 Å². The Labute approximate surface area is 78.0 Å². The minimum absolute atomic E-state index is 0.340. The monoisotopic (exact) mass is 181 g/mol. The van der Waals surface area contributed by atoms with Gasteiger partial charge in [0.15, 0.2) is 0 Å². The molecule has 1 amide bonds. The van der Waals surface area contributed by atoms with Crippen LogP contribution in [0.15, 0.2) is 0 Å². The zero-order valence-electron chi connectivity index (χ0n) is 7.74. The molecule has 0 aromatic rings. The average molecular weight is 181 g/mol. The lowest BCUT2D eigenvalue weighted by atomic mass is 10.2. The van der Waals surface area contributed by atoms with E-state index in [1.807, 2.05) is 4.90 Å². The van der Waals surface area contributed by atoms with Crippen LogP contribution in [0.5, 0.6) is 0 Å². The van der Waals surface area contributed by atoms with Crippen LogP contribution in [-0.4, -0.2) is 37.1 Å². The molecule has 3 rings (SSSR count). The van der Waals surface area contributed by atoms with Crippen LogP contribution in [0, 0.1) is 17.8 Å². The molecule has 0 spiro atoms. The van der Waals surface area contributed by atoms with Crippen molar-refractivity contribution in [1.29, 1.82) is 0 Å². The first kappa shape index (κ1) is 7.80. The summed E-state index contributed by atoms with van der Waals surface area (Å²) in [6.07, 6.45) is 2.40. The number of nitrogens with zero attached hydrogens (tertiary/aromatic N) is 1. The molecule has 3 nitrogen and oxygen atoms in total. The second-order valence-corrected chi connectivity index (χ2v) is 4.42. The van der Waals surface area contributed by atoms with Crippen LogP contribution in [0.3, 0.4) is 0 Å². The molecular weight excluding hydrogens is 166 g/mol.